The Morgan fingerprint density at radius 2 is 1.55 bits per heavy atom. The zero-order valence-corrected chi connectivity index (χ0v) is 14.7. The summed E-state index contributed by atoms with van der Waals surface area (Å²) in [6, 6.07) is 17.9. The number of hydrogen-bond acceptors (Lipinski definition) is 2. The van der Waals surface area contributed by atoms with E-state index in [1.807, 2.05) is 25.1 Å². The minimum absolute atomic E-state index is 0.0587. The lowest BCUT2D eigenvalue weighted by atomic mass is 10.1. The van der Waals surface area contributed by atoms with Gasteiger partial charge in [0.05, 0.1) is 8.07 Å². The van der Waals surface area contributed by atoms with Crippen LogP contribution in [0.15, 0.2) is 54.6 Å². The number of hydrogen-bond donors (Lipinski definition) is 2. The van der Waals surface area contributed by atoms with Crippen LogP contribution in [0.1, 0.15) is 28.9 Å². The second kappa shape index (κ2) is 6.90. The van der Waals surface area contributed by atoms with Gasteiger partial charge in [-0.1, -0.05) is 67.3 Å². The standard InChI is InChI=1S/C18H24N2OSi/c1-14(15-10-12-17(13-11-15)22(2,3)4)19-20-18(21)16-8-6-5-7-9-16/h5-14,19H,1-4H3,(H,20,21). The second-order valence-corrected chi connectivity index (χ2v) is 11.6. The van der Waals surface area contributed by atoms with Crippen LogP contribution in [0.3, 0.4) is 0 Å². The fourth-order valence-electron chi connectivity index (χ4n) is 2.19. The SMILES string of the molecule is CC(NNC(=O)c1ccccc1)c1ccc([Si](C)(C)C)cc1. The van der Waals surface area contributed by atoms with Gasteiger partial charge in [0.2, 0.25) is 0 Å². The van der Waals surface area contributed by atoms with Crippen molar-refractivity contribution < 1.29 is 4.79 Å². The predicted molar refractivity (Wildman–Crippen MR) is 94.9 cm³/mol. The van der Waals surface area contributed by atoms with Crippen molar-refractivity contribution in [2.75, 3.05) is 0 Å². The van der Waals surface area contributed by atoms with Gasteiger partial charge < -0.3 is 0 Å². The molecule has 0 saturated carbocycles. The lowest BCUT2D eigenvalue weighted by Crippen LogP contribution is -2.40. The number of carbonyl (C=O) groups is 1. The quantitative estimate of drug-likeness (QED) is 0.657. The molecule has 0 aromatic heterocycles. The summed E-state index contributed by atoms with van der Waals surface area (Å²) in [7, 11) is -1.26. The van der Waals surface area contributed by atoms with Crippen molar-refractivity contribution >= 4 is 19.2 Å². The van der Waals surface area contributed by atoms with Crippen molar-refractivity contribution in [2.45, 2.75) is 32.6 Å². The second-order valence-electron chi connectivity index (χ2n) is 6.56. The third-order valence-electron chi connectivity index (χ3n) is 3.71. The molecule has 1 atom stereocenters. The first-order valence-electron chi connectivity index (χ1n) is 7.59. The zero-order chi connectivity index (χ0) is 16.2. The Labute approximate surface area is 133 Å². The molecule has 22 heavy (non-hydrogen) atoms. The van der Waals surface area contributed by atoms with E-state index in [1.54, 1.807) is 12.1 Å². The summed E-state index contributed by atoms with van der Waals surface area (Å²) in [6.45, 7) is 9.05. The van der Waals surface area contributed by atoms with Crippen molar-refractivity contribution in [3.8, 4) is 0 Å². The molecular formula is C18H24N2OSi. The van der Waals surface area contributed by atoms with E-state index in [2.05, 4.69) is 54.8 Å². The summed E-state index contributed by atoms with van der Waals surface area (Å²) in [5.41, 5.74) is 7.64. The fraction of sp³-hybridized carbons (Fsp3) is 0.278. The molecule has 4 heteroatoms. The van der Waals surface area contributed by atoms with E-state index in [9.17, 15) is 4.79 Å². The van der Waals surface area contributed by atoms with Gasteiger partial charge in [-0.3, -0.25) is 10.2 Å². The molecule has 2 rings (SSSR count). The molecule has 0 aliphatic heterocycles. The van der Waals surface area contributed by atoms with Crippen LogP contribution in [0.5, 0.6) is 0 Å². The van der Waals surface area contributed by atoms with Gasteiger partial charge in [0.25, 0.3) is 5.91 Å². The summed E-state index contributed by atoms with van der Waals surface area (Å²) in [5, 5.41) is 1.44. The molecule has 2 aromatic rings. The van der Waals surface area contributed by atoms with Gasteiger partial charge in [-0.25, -0.2) is 5.43 Å². The van der Waals surface area contributed by atoms with Crippen LogP contribution in [-0.2, 0) is 0 Å². The maximum atomic E-state index is 12.0. The van der Waals surface area contributed by atoms with Crippen LogP contribution >= 0.6 is 0 Å². The molecule has 116 valence electrons. The summed E-state index contributed by atoms with van der Waals surface area (Å²) in [4.78, 5) is 12.0. The molecule has 0 spiro atoms. The highest BCUT2D eigenvalue weighted by atomic mass is 28.3. The Bertz CT molecular complexity index is 618. The van der Waals surface area contributed by atoms with Gasteiger partial charge in [0.1, 0.15) is 0 Å². The highest BCUT2D eigenvalue weighted by molar-refractivity contribution is 6.88. The topological polar surface area (TPSA) is 41.1 Å². The van der Waals surface area contributed by atoms with Crippen LogP contribution in [-0.4, -0.2) is 14.0 Å². The lowest BCUT2D eigenvalue weighted by molar-refractivity contribution is 0.0926. The van der Waals surface area contributed by atoms with E-state index in [0.717, 1.165) is 5.56 Å². The Kier molecular flexibility index (Phi) is 5.16. The molecule has 1 unspecified atom stereocenters. The Hall–Kier alpha value is -1.91. The number of amides is 1. The number of nitrogens with one attached hydrogen (secondary N) is 2. The minimum atomic E-state index is -1.26. The van der Waals surface area contributed by atoms with Gasteiger partial charge in [-0.2, -0.15) is 0 Å². The molecule has 0 bridgehead atoms. The molecule has 0 aliphatic rings. The van der Waals surface area contributed by atoms with Gasteiger partial charge in [-0.15, -0.1) is 0 Å². The van der Waals surface area contributed by atoms with Crippen LogP contribution in [0, 0.1) is 0 Å². The Balaban J connectivity index is 1.95. The molecule has 0 aliphatic carbocycles. The van der Waals surface area contributed by atoms with Crippen LogP contribution in [0.4, 0.5) is 0 Å². The van der Waals surface area contributed by atoms with Crippen molar-refractivity contribution in [3.05, 3.63) is 65.7 Å². The molecule has 2 N–H and O–H groups in total. The average Bonchev–Trinajstić information content (AvgIpc) is 2.52. The van der Waals surface area contributed by atoms with E-state index in [1.165, 1.54) is 5.19 Å². The molecule has 1 amide bonds. The predicted octanol–water partition coefficient (Wildman–Crippen LogP) is 3.23. The number of benzene rings is 2. The Morgan fingerprint density at radius 1 is 0.955 bits per heavy atom. The molecular weight excluding hydrogens is 288 g/mol. The van der Waals surface area contributed by atoms with E-state index < -0.39 is 8.07 Å². The van der Waals surface area contributed by atoms with Crippen LogP contribution in [0.2, 0.25) is 19.6 Å². The third kappa shape index (κ3) is 4.29. The van der Waals surface area contributed by atoms with Crippen LogP contribution in [0.25, 0.3) is 0 Å². The monoisotopic (exact) mass is 312 g/mol. The van der Waals surface area contributed by atoms with E-state index in [0.29, 0.717) is 5.56 Å². The summed E-state index contributed by atoms with van der Waals surface area (Å²) in [5.74, 6) is -0.119. The first-order chi connectivity index (χ1) is 10.4. The largest absolute Gasteiger partial charge is 0.287 e. The van der Waals surface area contributed by atoms with Gasteiger partial charge >= 0.3 is 0 Å². The zero-order valence-electron chi connectivity index (χ0n) is 13.7. The third-order valence-corrected chi connectivity index (χ3v) is 5.78. The van der Waals surface area contributed by atoms with E-state index in [4.69, 9.17) is 0 Å². The highest BCUT2D eigenvalue weighted by Gasteiger charge is 2.16. The maximum absolute atomic E-state index is 12.0. The van der Waals surface area contributed by atoms with Gasteiger partial charge in [0, 0.05) is 11.6 Å². The number of carbonyl (C=O) groups excluding carboxylic acids is 1. The minimum Gasteiger partial charge on any atom is -0.287 e. The molecule has 3 nitrogen and oxygen atoms in total. The first-order valence-corrected chi connectivity index (χ1v) is 11.1. The summed E-state index contributed by atoms with van der Waals surface area (Å²) < 4.78 is 0. The lowest BCUT2D eigenvalue weighted by Gasteiger charge is -2.19. The summed E-state index contributed by atoms with van der Waals surface area (Å²) >= 11 is 0. The summed E-state index contributed by atoms with van der Waals surface area (Å²) in [6.07, 6.45) is 0. The van der Waals surface area contributed by atoms with Crippen LogP contribution < -0.4 is 16.0 Å². The van der Waals surface area contributed by atoms with Crippen molar-refractivity contribution in [3.63, 3.8) is 0 Å². The fourth-order valence-corrected chi connectivity index (χ4v) is 3.36. The van der Waals surface area contributed by atoms with Crippen molar-refractivity contribution in [2.24, 2.45) is 0 Å². The smallest absolute Gasteiger partial charge is 0.265 e. The first kappa shape index (κ1) is 16.5. The van der Waals surface area contributed by atoms with E-state index >= 15 is 0 Å². The van der Waals surface area contributed by atoms with Crippen molar-refractivity contribution in [1.29, 1.82) is 0 Å². The molecule has 2 aromatic carbocycles. The molecule has 0 saturated heterocycles. The normalized spacial score (nSPS) is 12.7. The average molecular weight is 312 g/mol. The molecule has 0 heterocycles. The van der Waals surface area contributed by atoms with E-state index in [-0.39, 0.29) is 11.9 Å². The number of hydrazine groups is 1. The molecule has 0 fully saturated rings. The van der Waals surface area contributed by atoms with Crippen molar-refractivity contribution in [1.82, 2.24) is 10.9 Å². The Morgan fingerprint density at radius 3 is 2.09 bits per heavy atom. The maximum Gasteiger partial charge on any atom is 0.265 e. The molecule has 0 radical (unpaired) electrons. The van der Waals surface area contributed by atoms with Gasteiger partial charge in [0.15, 0.2) is 0 Å². The highest BCUT2D eigenvalue weighted by Crippen LogP contribution is 2.12. The van der Waals surface area contributed by atoms with Gasteiger partial charge in [-0.05, 0) is 24.6 Å². The number of rotatable bonds is 5.